The van der Waals surface area contributed by atoms with Crippen molar-refractivity contribution < 1.29 is 13.2 Å². The lowest BCUT2D eigenvalue weighted by Gasteiger charge is -2.34. The molecule has 13 heteroatoms. The monoisotopic (exact) mass is 567 g/mol. The van der Waals surface area contributed by atoms with Crippen LogP contribution in [0.4, 0.5) is 5.82 Å². The molecule has 214 valence electrons. The molecule has 4 aromatic rings. The van der Waals surface area contributed by atoms with Gasteiger partial charge in [-0.1, -0.05) is 19.1 Å². The van der Waals surface area contributed by atoms with E-state index in [9.17, 15) is 8.42 Å². The summed E-state index contributed by atoms with van der Waals surface area (Å²) in [5.74, 6) is 3.60. The molecule has 0 unspecified atom stereocenters. The van der Waals surface area contributed by atoms with Crippen molar-refractivity contribution in [3.63, 3.8) is 0 Å². The van der Waals surface area contributed by atoms with Crippen molar-refractivity contribution in [2.75, 3.05) is 69.7 Å². The van der Waals surface area contributed by atoms with Crippen LogP contribution in [0, 0.1) is 0 Å². The molecule has 2 fully saturated rings. The Labute approximate surface area is 235 Å². The first-order chi connectivity index (χ1) is 19.5. The number of hydrogen-bond acceptors (Lipinski definition) is 10. The van der Waals surface area contributed by atoms with E-state index < -0.39 is 10.7 Å². The zero-order valence-corrected chi connectivity index (χ0v) is 24.1. The van der Waals surface area contributed by atoms with Gasteiger partial charge in [-0.05, 0) is 25.1 Å². The van der Waals surface area contributed by atoms with E-state index in [0.717, 1.165) is 98.4 Å². The highest BCUT2D eigenvalue weighted by Crippen LogP contribution is 2.28. The number of benzene rings is 1. The van der Waals surface area contributed by atoms with Crippen molar-refractivity contribution in [2.45, 2.75) is 26.3 Å². The van der Waals surface area contributed by atoms with Crippen molar-refractivity contribution in [1.29, 1.82) is 0 Å². The highest BCUT2D eigenvalue weighted by Gasteiger charge is 2.25. The third-order valence-electron chi connectivity index (χ3n) is 7.88. The third-order valence-corrected chi connectivity index (χ3v) is 8.56. The lowest BCUT2D eigenvalue weighted by atomic mass is 10.3. The molecule has 1 aromatic carbocycles. The molecular formula is C27H37N9O3S. The van der Waals surface area contributed by atoms with Gasteiger partial charge in [-0.3, -0.25) is 9.47 Å². The number of fused-ring (bicyclic) bond motifs is 2. The Morgan fingerprint density at radius 3 is 2.40 bits per heavy atom. The molecule has 2 aliphatic rings. The van der Waals surface area contributed by atoms with E-state index in [1.807, 2.05) is 25.2 Å². The number of anilines is 1. The molecule has 12 nitrogen and oxygen atoms in total. The van der Waals surface area contributed by atoms with Crippen molar-refractivity contribution in [3.05, 3.63) is 35.9 Å². The van der Waals surface area contributed by atoms with Crippen LogP contribution in [0.15, 0.2) is 24.3 Å². The van der Waals surface area contributed by atoms with E-state index in [-0.39, 0.29) is 5.75 Å². The smallest absolute Gasteiger partial charge is 0.239 e. The van der Waals surface area contributed by atoms with Crippen molar-refractivity contribution >= 4 is 38.7 Å². The van der Waals surface area contributed by atoms with Gasteiger partial charge in [0.15, 0.2) is 17.0 Å². The molecule has 2 aliphatic heterocycles. The Bertz CT molecular complexity index is 1560. The number of aromatic nitrogens is 6. The maximum absolute atomic E-state index is 10.9. The fourth-order valence-corrected chi connectivity index (χ4v) is 6.05. The maximum atomic E-state index is 10.9. The summed E-state index contributed by atoms with van der Waals surface area (Å²) >= 11 is 0. The van der Waals surface area contributed by atoms with Crippen LogP contribution in [0.2, 0.25) is 0 Å². The van der Waals surface area contributed by atoms with E-state index in [1.165, 1.54) is 0 Å². The van der Waals surface area contributed by atoms with Gasteiger partial charge in [-0.2, -0.15) is 9.97 Å². The number of aryl methyl sites for hydroxylation is 2. The minimum atomic E-state index is -2.29. The van der Waals surface area contributed by atoms with Gasteiger partial charge in [0, 0.05) is 58.5 Å². The molecule has 0 saturated carbocycles. The number of hydrogen-bond donors (Lipinski definition) is 1. The van der Waals surface area contributed by atoms with E-state index in [1.54, 1.807) is 0 Å². The lowest BCUT2D eigenvalue weighted by Crippen LogP contribution is -2.46. The fourth-order valence-electron chi connectivity index (χ4n) is 5.65. The lowest BCUT2D eigenvalue weighted by molar-refractivity contribution is 0.122. The highest BCUT2D eigenvalue weighted by molar-refractivity contribution is 7.72. The third kappa shape index (κ3) is 5.42. The Morgan fingerprint density at radius 1 is 0.900 bits per heavy atom. The average molecular weight is 568 g/mol. The second-order valence-electron chi connectivity index (χ2n) is 10.4. The largest absolute Gasteiger partial charge is 0.378 e. The summed E-state index contributed by atoms with van der Waals surface area (Å²) in [5.41, 5.74) is 3.55. The van der Waals surface area contributed by atoms with Gasteiger partial charge in [0.05, 0.1) is 30.8 Å². The maximum Gasteiger partial charge on any atom is 0.239 e. The number of imidazole rings is 2. The summed E-state index contributed by atoms with van der Waals surface area (Å²) < 4.78 is 31.6. The molecule has 0 amide bonds. The van der Waals surface area contributed by atoms with Crippen LogP contribution in [-0.2, 0) is 35.5 Å². The van der Waals surface area contributed by atoms with Crippen LogP contribution in [0.5, 0.6) is 0 Å². The molecule has 0 aliphatic carbocycles. The van der Waals surface area contributed by atoms with Crippen LogP contribution in [0.25, 0.3) is 28.1 Å². The van der Waals surface area contributed by atoms with E-state index >= 15 is 0 Å². The van der Waals surface area contributed by atoms with E-state index in [2.05, 4.69) is 36.8 Å². The molecule has 0 radical (unpaired) electrons. The number of morpholine rings is 1. The number of para-hydroxylation sites is 2. The summed E-state index contributed by atoms with van der Waals surface area (Å²) in [5, 5.41) is 0. The summed E-state index contributed by atoms with van der Waals surface area (Å²) in [7, 11) is -0.253. The summed E-state index contributed by atoms with van der Waals surface area (Å²) in [6, 6.07) is 8.12. The second kappa shape index (κ2) is 11.8. The molecule has 6 rings (SSSR count). The summed E-state index contributed by atoms with van der Waals surface area (Å²) in [4.78, 5) is 27.2. The predicted octanol–water partition coefficient (Wildman–Crippen LogP) is 1.22. The zero-order valence-electron chi connectivity index (χ0n) is 23.2. The first-order valence-electron chi connectivity index (χ1n) is 14.1. The number of nitrogens with zero attached hydrogens (tertiary/aromatic N) is 9. The minimum Gasteiger partial charge on any atom is -0.378 e. The number of thiol groups is 1. The molecule has 0 bridgehead atoms. The van der Waals surface area contributed by atoms with Crippen LogP contribution in [0.3, 0.4) is 0 Å². The molecule has 40 heavy (non-hydrogen) atoms. The molecule has 0 spiro atoms. The van der Waals surface area contributed by atoms with Gasteiger partial charge in [-0.15, -0.1) is 0 Å². The van der Waals surface area contributed by atoms with E-state index in [0.29, 0.717) is 25.6 Å². The quantitative estimate of drug-likeness (QED) is 0.296. The molecule has 0 N–H and O–H groups in total. The molecule has 0 atom stereocenters. The number of piperazine rings is 1. The molecule has 2 saturated heterocycles. The first-order valence-corrected chi connectivity index (χ1v) is 15.5. The van der Waals surface area contributed by atoms with Gasteiger partial charge < -0.3 is 19.1 Å². The summed E-state index contributed by atoms with van der Waals surface area (Å²) in [6.45, 7) is 10.2. The topological polar surface area (TPSA) is 115 Å². The highest BCUT2D eigenvalue weighted by atomic mass is 32.2. The van der Waals surface area contributed by atoms with Gasteiger partial charge in [0.25, 0.3) is 0 Å². The number of ether oxygens (including phenoxy) is 1. The second-order valence-corrected chi connectivity index (χ2v) is 11.6. The minimum absolute atomic E-state index is 0.262. The Morgan fingerprint density at radius 2 is 1.65 bits per heavy atom. The normalized spacial score (nSPS) is 17.5. The van der Waals surface area contributed by atoms with Crippen molar-refractivity contribution in [1.82, 2.24) is 38.9 Å². The predicted molar refractivity (Wildman–Crippen MR) is 155 cm³/mol. The van der Waals surface area contributed by atoms with Gasteiger partial charge in [-0.25, -0.2) is 18.4 Å². The molecule has 5 heterocycles. The van der Waals surface area contributed by atoms with Gasteiger partial charge in [0.1, 0.15) is 22.4 Å². The standard InChI is InChI=1S/C27H37N9O3S/c1-3-22-28-20-7-4-5-8-21(20)36(22)27-30-25-24(26(31-27)35-14-16-39-17-15-35)29-23(32(25)2)19-34-12-10-33(11-13-34)9-6-18-40(37)38/h4-5,7-8,40H,3,6,9-19H2,1-2H3. The molecule has 3 aromatic heterocycles. The Kier molecular flexibility index (Phi) is 7.96. The zero-order chi connectivity index (χ0) is 27.6. The van der Waals surface area contributed by atoms with Crippen LogP contribution in [-0.4, -0.2) is 112 Å². The van der Waals surface area contributed by atoms with Gasteiger partial charge >= 0.3 is 0 Å². The molecular weight excluding hydrogens is 530 g/mol. The Balaban J connectivity index is 1.33. The number of rotatable bonds is 9. The fraction of sp³-hybridized carbons (Fsp3) is 0.556. The summed E-state index contributed by atoms with van der Waals surface area (Å²) in [6.07, 6.45) is 1.46. The van der Waals surface area contributed by atoms with Crippen molar-refractivity contribution in [2.24, 2.45) is 7.05 Å². The van der Waals surface area contributed by atoms with Crippen LogP contribution >= 0.6 is 0 Å². The van der Waals surface area contributed by atoms with Crippen LogP contribution in [0.1, 0.15) is 25.0 Å². The SMILES string of the molecule is CCc1nc2ccccc2n1-c1nc(N2CCOCC2)c2nc(CN3CCN(CCC[SH](=O)=O)CC3)n(C)c2n1. The van der Waals surface area contributed by atoms with Crippen molar-refractivity contribution in [3.8, 4) is 5.95 Å². The average Bonchev–Trinajstić information content (AvgIpc) is 3.51. The van der Waals surface area contributed by atoms with E-state index in [4.69, 9.17) is 24.7 Å². The first kappa shape index (κ1) is 27.1. The van der Waals surface area contributed by atoms with Crippen LogP contribution < -0.4 is 4.90 Å². The Hall–Kier alpha value is -3.13. The van der Waals surface area contributed by atoms with Gasteiger partial charge in [0.2, 0.25) is 5.95 Å².